The SMILES string of the molecule is Cc1ccc(NC(=O)COc2c(C)cccc2C)cc1. The number of hydrogen-bond donors (Lipinski definition) is 1. The molecule has 2 aromatic rings. The van der Waals surface area contributed by atoms with Crippen LogP contribution in [-0.4, -0.2) is 12.5 Å². The molecule has 104 valence electrons. The lowest BCUT2D eigenvalue weighted by atomic mass is 10.1. The zero-order valence-electron chi connectivity index (χ0n) is 12.1. The molecule has 3 nitrogen and oxygen atoms in total. The second-order valence-electron chi connectivity index (χ2n) is 4.92. The first kappa shape index (κ1) is 14.1. The molecular formula is C17H19NO2. The summed E-state index contributed by atoms with van der Waals surface area (Å²) in [6.07, 6.45) is 0. The van der Waals surface area contributed by atoms with Gasteiger partial charge in [0, 0.05) is 5.69 Å². The highest BCUT2D eigenvalue weighted by Crippen LogP contribution is 2.22. The molecule has 0 saturated carbocycles. The molecule has 0 unspecified atom stereocenters. The van der Waals surface area contributed by atoms with E-state index in [1.165, 1.54) is 0 Å². The molecule has 1 N–H and O–H groups in total. The van der Waals surface area contributed by atoms with Gasteiger partial charge in [-0.25, -0.2) is 0 Å². The average Bonchev–Trinajstić information content (AvgIpc) is 2.41. The van der Waals surface area contributed by atoms with Crippen LogP contribution in [0.3, 0.4) is 0 Å². The van der Waals surface area contributed by atoms with E-state index in [2.05, 4.69) is 5.32 Å². The summed E-state index contributed by atoms with van der Waals surface area (Å²) in [4.78, 5) is 11.9. The lowest BCUT2D eigenvalue weighted by Crippen LogP contribution is -2.20. The summed E-state index contributed by atoms with van der Waals surface area (Å²) in [6.45, 7) is 5.97. The lowest BCUT2D eigenvalue weighted by molar-refractivity contribution is -0.118. The van der Waals surface area contributed by atoms with E-state index in [0.29, 0.717) is 0 Å². The molecule has 0 aliphatic heterocycles. The highest BCUT2D eigenvalue weighted by atomic mass is 16.5. The van der Waals surface area contributed by atoms with Crippen LogP contribution in [0.25, 0.3) is 0 Å². The number of carbonyl (C=O) groups excluding carboxylic acids is 1. The quantitative estimate of drug-likeness (QED) is 0.920. The Balaban J connectivity index is 1.94. The van der Waals surface area contributed by atoms with Crippen molar-refractivity contribution in [2.75, 3.05) is 11.9 Å². The maximum Gasteiger partial charge on any atom is 0.262 e. The van der Waals surface area contributed by atoms with Crippen LogP contribution in [0.1, 0.15) is 16.7 Å². The molecule has 2 rings (SSSR count). The van der Waals surface area contributed by atoms with Crippen molar-refractivity contribution in [3.05, 3.63) is 59.2 Å². The van der Waals surface area contributed by atoms with Gasteiger partial charge >= 0.3 is 0 Å². The van der Waals surface area contributed by atoms with Crippen LogP contribution in [0, 0.1) is 20.8 Å². The molecule has 0 aliphatic rings. The molecule has 0 aromatic heterocycles. The molecule has 0 aliphatic carbocycles. The van der Waals surface area contributed by atoms with Gasteiger partial charge < -0.3 is 10.1 Å². The van der Waals surface area contributed by atoms with E-state index in [0.717, 1.165) is 28.1 Å². The van der Waals surface area contributed by atoms with Gasteiger partial charge in [0.05, 0.1) is 0 Å². The summed E-state index contributed by atoms with van der Waals surface area (Å²) in [7, 11) is 0. The first-order chi connectivity index (χ1) is 9.56. The van der Waals surface area contributed by atoms with Gasteiger partial charge in [0.25, 0.3) is 5.91 Å². The number of anilines is 1. The summed E-state index contributed by atoms with van der Waals surface area (Å²) in [5.41, 5.74) is 4.02. The number of nitrogens with one attached hydrogen (secondary N) is 1. The van der Waals surface area contributed by atoms with Gasteiger partial charge in [-0.3, -0.25) is 4.79 Å². The van der Waals surface area contributed by atoms with Gasteiger partial charge in [0.15, 0.2) is 6.61 Å². The van der Waals surface area contributed by atoms with Gasteiger partial charge in [0.2, 0.25) is 0 Å². The Bertz CT molecular complexity index is 583. The molecule has 0 fully saturated rings. The summed E-state index contributed by atoms with van der Waals surface area (Å²) in [6, 6.07) is 13.6. The minimum Gasteiger partial charge on any atom is -0.483 e. The van der Waals surface area contributed by atoms with E-state index in [-0.39, 0.29) is 12.5 Å². The van der Waals surface area contributed by atoms with Gasteiger partial charge in [0.1, 0.15) is 5.75 Å². The van der Waals surface area contributed by atoms with Crippen molar-refractivity contribution in [3.8, 4) is 5.75 Å². The maximum atomic E-state index is 11.9. The van der Waals surface area contributed by atoms with Crippen LogP contribution in [0.15, 0.2) is 42.5 Å². The van der Waals surface area contributed by atoms with Gasteiger partial charge in [-0.15, -0.1) is 0 Å². The van der Waals surface area contributed by atoms with Crippen LogP contribution in [0.2, 0.25) is 0 Å². The van der Waals surface area contributed by atoms with Crippen molar-refractivity contribution in [2.45, 2.75) is 20.8 Å². The molecule has 20 heavy (non-hydrogen) atoms. The molecule has 0 heterocycles. The fourth-order valence-corrected chi connectivity index (χ4v) is 2.00. The summed E-state index contributed by atoms with van der Waals surface area (Å²) in [5, 5.41) is 2.81. The third kappa shape index (κ3) is 3.60. The van der Waals surface area contributed by atoms with E-state index < -0.39 is 0 Å². The number of benzene rings is 2. The van der Waals surface area contributed by atoms with Crippen molar-refractivity contribution < 1.29 is 9.53 Å². The monoisotopic (exact) mass is 269 g/mol. The van der Waals surface area contributed by atoms with E-state index in [4.69, 9.17) is 4.74 Å². The van der Waals surface area contributed by atoms with E-state index in [1.807, 2.05) is 63.2 Å². The number of para-hydroxylation sites is 1. The summed E-state index contributed by atoms with van der Waals surface area (Å²) in [5.74, 6) is 0.628. The van der Waals surface area contributed by atoms with Crippen molar-refractivity contribution in [1.82, 2.24) is 0 Å². The normalized spacial score (nSPS) is 10.2. The molecule has 0 spiro atoms. The Hall–Kier alpha value is -2.29. The predicted molar refractivity (Wildman–Crippen MR) is 81.2 cm³/mol. The summed E-state index contributed by atoms with van der Waals surface area (Å²) < 4.78 is 5.61. The van der Waals surface area contributed by atoms with Gasteiger partial charge in [-0.1, -0.05) is 35.9 Å². The summed E-state index contributed by atoms with van der Waals surface area (Å²) >= 11 is 0. The van der Waals surface area contributed by atoms with Crippen molar-refractivity contribution in [2.24, 2.45) is 0 Å². The van der Waals surface area contributed by atoms with Crippen LogP contribution in [0.4, 0.5) is 5.69 Å². The zero-order valence-corrected chi connectivity index (χ0v) is 12.1. The smallest absolute Gasteiger partial charge is 0.262 e. The molecule has 0 radical (unpaired) electrons. The second kappa shape index (κ2) is 6.24. The first-order valence-electron chi connectivity index (χ1n) is 6.62. The molecule has 0 bridgehead atoms. The minimum atomic E-state index is -0.156. The van der Waals surface area contributed by atoms with Crippen LogP contribution in [-0.2, 0) is 4.79 Å². The zero-order chi connectivity index (χ0) is 14.5. The average molecular weight is 269 g/mol. The Morgan fingerprint density at radius 2 is 1.60 bits per heavy atom. The highest BCUT2D eigenvalue weighted by molar-refractivity contribution is 5.91. The number of carbonyl (C=O) groups is 1. The first-order valence-corrected chi connectivity index (χ1v) is 6.62. The van der Waals surface area contributed by atoms with Crippen LogP contribution in [0.5, 0.6) is 5.75 Å². The van der Waals surface area contributed by atoms with Crippen LogP contribution >= 0.6 is 0 Å². The molecule has 3 heteroatoms. The number of aryl methyl sites for hydroxylation is 3. The highest BCUT2D eigenvalue weighted by Gasteiger charge is 2.07. The number of hydrogen-bond acceptors (Lipinski definition) is 2. The molecular weight excluding hydrogens is 250 g/mol. The third-order valence-electron chi connectivity index (χ3n) is 3.09. The molecule has 0 atom stereocenters. The van der Waals surface area contributed by atoms with Crippen molar-refractivity contribution in [3.63, 3.8) is 0 Å². The van der Waals surface area contributed by atoms with E-state index in [9.17, 15) is 4.79 Å². The van der Waals surface area contributed by atoms with E-state index in [1.54, 1.807) is 0 Å². The van der Waals surface area contributed by atoms with Crippen molar-refractivity contribution in [1.29, 1.82) is 0 Å². The maximum absolute atomic E-state index is 11.9. The Kier molecular flexibility index (Phi) is 4.41. The Morgan fingerprint density at radius 1 is 1.00 bits per heavy atom. The standard InChI is InChI=1S/C17H19NO2/c1-12-7-9-15(10-8-12)18-16(19)11-20-17-13(2)5-4-6-14(17)3/h4-10H,11H2,1-3H3,(H,18,19). The number of rotatable bonds is 4. The fraction of sp³-hybridized carbons (Fsp3) is 0.235. The van der Waals surface area contributed by atoms with Crippen LogP contribution < -0.4 is 10.1 Å². The Morgan fingerprint density at radius 3 is 2.20 bits per heavy atom. The van der Waals surface area contributed by atoms with E-state index >= 15 is 0 Å². The number of amides is 1. The van der Waals surface area contributed by atoms with Gasteiger partial charge in [-0.05, 0) is 44.0 Å². The Labute approximate surface area is 119 Å². The van der Waals surface area contributed by atoms with Crippen molar-refractivity contribution >= 4 is 11.6 Å². The molecule has 2 aromatic carbocycles. The molecule has 1 amide bonds. The second-order valence-corrected chi connectivity index (χ2v) is 4.92. The predicted octanol–water partition coefficient (Wildman–Crippen LogP) is 3.63. The van der Waals surface area contributed by atoms with Gasteiger partial charge in [-0.2, -0.15) is 0 Å². The molecule has 0 saturated heterocycles. The lowest BCUT2D eigenvalue weighted by Gasteiger charge is -2.12. The fourth-order valence-electron chi connectivity index (χ4n) is 2.00. The topological polar surface area (TPSA) is 38.3 Å². The number of ether oxygens (including phenoxy) is 1. The minimum absolute atomic E-state index is 0.0135. The largest absolute Gasteiger partial charge is 0.483 e. The third-order valence-corrected chi connectivity index (χ3v) is 3.09.